The molecule has 0 spiro atoms. The summed E-state index contributed by atoms with van der Waals surface area (Å²) in [5, 5.41) is 4.86. The van der Waals surface area contributed by atoms with Crippen LogP contribution >= 0.6 is 0 Å². The molecule has 0 amide bonds. The molecule has 0 aromatic rings. The van der Waals surface area contributed by atoms with Crippen molar-refractivity contribution in [2.75, 3.05) is 6.54 Å². The molecule has 0 fully saturated rings. The molecule has 5 heteroatoms. The van der Waals surface area contributed by atoms with Gasteiger partial charge in [-0.1, -0.05) is 103 Å². The molecule has 23 heavy (non-hydrogen) atoms. The molecule has 0 radical (unpaired) electrons. The normalized spacial score (nSPS) is 11.9. The Balaban J connectivity index is 3.03. The number of nitrogens with one attached hydrogen (secondary N) is 1. The highest BCUT2D eigenvalue weighted by atomic mass is 32.2. The van der Waals surface area contributed by atoms with Crippen molar-refractivity contribution in [3.8, 4) is 0 Å². The fourth-order valence-corrected chi connectivity index (χ4v) is 3.32. The molecular weight excluding hydrogens is 308 g/mol. The molecule has 0 aromatic heterocycles. The average molecular weight is 349 g/mol. The van der Waals surface area contributed by atoms with E-state index in [1.807, 2.05) is 0 Å². The van der Waals surface area contributed by atoms with Crippen molar-refractivity contribution in [1.82, 2.24) is 4.72 Å². The van der Waals surface area contributed by atoms with Gasteiger partial charge in [-0.05, 0) is 6.42 Å². The minimum Gasteiger partial charge on any atom is -0.216 e. The van der Waals surface area contributed by atoms with E-state index in [1.54, 1.807) is 0 Å². The van der Waals surface area contributed by atoms with E-state index >= 15 is 0 Å². The number of hydrogen-bond donors (Lipinski definition) is 2. The summed E-state index contributed by atoms with van der Waals surface area (Å²) in [4.78, 5) is 0. The maximum absolute atomic E-state index is 10.7. The van der Waals surface area contributed by atoms with Crippen LogP contribution in [0, 0.1) is 0 Å². The Morgan fingerprint density at radius 3 is 1.22 bits per heavy atom. The minimum atomic E-state index is -3.49. The largest absolute Gasteiger partial charge is 0.274 e. The van der Waals surface area contributed by atoms with Gasteiger partial charge in [-0.2, -0.15) is 8.42 Å². The second-order valence-corrected chi connectivity index (χ2v) is 8.12. The van der Waals surface area contributed by atoms with Crippen molar-refractivity contribution in [3.05, 3.63) is 0 Å². The first-order valence-electron chi connectivity index (χ1n) is 9.83. The zero-order valence-electron chi connectivity index (χ0n) is 15.3. The van der Waals surface area contributed by atoms with Crippen molar-refractivity contribution in [2.45, 2.75) is 110 Å². The SMILES string of the molecule is CCCCCCCCCCCCCCCCCCNS(N)(=O)=O. The highest BCUT2D eigenvalue weighted by Gasteiger charge is 1.99. The van der Waals surface area contributed by atoms with Crippen LogP contribution < -0.4 is 9.86 Å². The van der Waals surface area contributed by atoms with E-state index in [4.69, 9.17) is 5.14 Å². The van der Waals surface area contributed by atoms with E-state index in [0.717, 1.165) is 12.8 Å². The van der Waals surface area contributed by atoms with Crippen molar-refractivity contribution >= 4 is 10.2 Å². The van der Waals surface area contributed by atoms with Crippen LogP contribution in [0.5, 0.6) is 0 Å². The van der Waals surface area contributed by atoms with Gasteiger partial charge in [-0.15, -0.1) is 0 Å². The number of hydrogen-bond acceptors (Lipinski definition) is 2. The molecule has 0 heterocycles. The van der Waals surface area contributed by atoms with Gasteiger partial charge in [0.1, 0.15) is 0 Å². The fourth-order valence-electron chi connectivity index (χ4n) is 2.89. The Bertz CT molecular complexity index is 332. The van der Waals surface area contributed by atoms with Crippen LogP contribution in [0.15, 0.2) is 0 Å². The molecule has 4 nitrogen and oxygen atoms in total. The predicted molar refractivity (Wildman–Crippen MR) is 101 cm³/mol. The van der Waals surface area contributed by atoms with E-state index in [1.165, 1.54) is 89.9 Å². The van der Waals surface area contributed by atoms with E-state index in [2.05, 4.69) is 11.6 Å². The van der Waals surface area contributed by atoms with Gasteiger partial charge in [-0.25, -0.2) is 9.86 Å². The van der Waals surface area contributed by atoms with Gasteiger partial charge in [0, 0.05) is 6.54 Å². The summed E-state index contributed by atoms with van der Waals surface area (Å²) in [5.41, 5.74) is 0. The summed E-state index contributed by atoms with van der Waals surface area (Å²) >= 11 is 0. The topological polar surface area (TPSA) is 72.2 Å². The summed E-state index contributed by atoms with van der Waals surface area (Å²) in [7, 11) is -3.49. The second-order valence-electron chi connectivity index (χ2n) is 6.74. The first-order valence-corrected chi connectivity index (χ1v) is 11.4. The van der Waals surface area contributed by atoms with Gasteiger partial charge in [0.25, 0.3) is 10.2 Å². The molecule has 0 aliphatic heterocycles. The Kier molecular flexibility index (Phi) is 16.6. The predicted octanol–water partition coefficient (Wildman–Crippen LogP) is 5.04. The first kappa shape index (κ1) is 22.9. The van der Waals surface area contributed by atoms with Gasteiger partial charge in [0.05, 0.1) is 0 Å². The Hall–Kier alpha value is -0.130. The quantitative estimate of drug-likeness (QED) is 0.341. The lowest BCUT2D eigenvalue weighted by molar-refractivity contribution is 0.528. The maximum Gasteiger partial charge on any atom is 0.274 e. The number of rotatable bonds is 18. The van der Waals surface area contributed by atoms with Crippen LogP contribution in [0.1, 0.15) is 110 Å². The summed E-state index contributed by atoms with van der Waals surface area (Å²) in [6, 6.07) is 0. The van der Waals surface area contributed by atoms with Gasteiger partial charge in [0.2, 0.25) is 0 Å². The Labute approximate surface area is 145 Å². The van der Waals surface area contributed by atoms with Gasteiger partial charge in [0.15, 0.2) is 0 Å². The zero-order valence-corrected chi connectivity index (χ0v) is 16.1. The Morgan fingerprint density at radius 2 is 0.913 bits per heavy atom. The lowest BCUT2D eigenvalue weighted by Crippen LogP contribution is -2.31. The molecule has 0 unspecified atom stereocenters. The molecule has 3 N–H and O–H groups in total. The molecule has 0 aliphatic rings. The molecule has 0 atom stereocenters. The molecule has 0 aromatic carbocycles. The smallest absolute Gasteiger partial charge is 0.216 e. The molecule has 140 valence electrons. The molecule has 0 saturated heterocycles. The minimum absolute atomic E-state index is 0.470. The lowest BCUT2D eigenvalue weighted by Gasteiger charge is -2.04. The van der Waals surface area contributed by atoms with E-state index in [-0.39, 0.29) is 0 Å². The van der Waals surface area contributed by atoms with Crippen LogP contribution in [-0.4, -0.2) is 15.0 Å². The first-order chi connectivity index (χ1) is 11.1. The zero-order chi connectivity index (χ0) is 17.2. The van der Waals surface area contributed by atoms with Crippen LogP contribution in [-0.2, 0) is 10.2 Å². The number of nitrogens with two attached hydrogens (primary N) is 1. The summed E-state index contributed by atoms with van der Waals surface area (Å²) in [5.74, 6) is 0. The highest BCUT2D eigenvalue weighted by Crippen LogP contribution is 2.13. The monoisotopic (exact) mass is 348 g/mol. The highest BCUT2D eigenvalue weighted by molar-refractivity contribution is 7.87. The van der Waals surface area contributed by atoms with Gasteiger partial charge < -0.3 is 0 Å². The third-order valence-corrected chi connectivity index (χ3v) is 4.94. The van der Waals surface area contributed by atoms with Crippen molar-refractivity contribution in [3.63, 3.8) is 0 Å². The second kappa shape index (κ2) is 16.7. The average Bonchev–Trinajstić information content (AvgIpc) is 2.49. The van der Waals surface area contributed by atoms with Crippen LogP contribution in [0.2, 0.25) is 0 Å². The lowest BCUT2D eigenvalue weighted by atomic mass is 10.0. The van der Waals surface area contributed by atoms with Crippen LogP contribution in [0.4, 0.5) is 0 Å². The van der Waals surface area contributed by atoms with Crippen molar-refractivity contribution in [1.29, 1.82) is 0 Å². The summed E-state index contributed by atoms with van der Waals surface area (Å²) in [6.07, 6.45) is 21.2. The van der Waals surface area contributed by atoms with E-state index in [9.17, 15) is 8.42 Å². The van der Waals surface area contributed by atoms with E-state index in [0.29, 0.717) is 6.54 Å². The maximum atomic E-state index is 10.7. The molecule has 0 saturated carbocycles. The van der Waals surface area contributed by atoms with Crippen LogP contribution in [0.25, 0.3) is 0 Å². The number of unbranched alkanes of at least 4 members (excludes halogenated alkanes) is 15. The van der Waals surface area contributed by atoms with Gasteiger partial charge >= 0.3 is 0 Å². The Morgan fingerprint density at radius 1 is 0.609 bits per heavy atom. The van der Waals surface area contributed by atoms with Crippen molar-refractivity contribution < 1.29 is 8.42 Å². The molecule has 0 rings (SSSR count). The van der Waals surface area contributed by atoms with Gasteiger partial charge in [-0.3, -0.25) is 0 Å². The summed E-state index contributed by atoms with van der Waals surface area (Å²) in [6.45, 7) is 2.74. The van der Waals surface area contributed by atoms with Crippen molar-refractivity contribution in [2.24, 2.45) is 5.14 Å². The third-order valence-electron chi connectivity index (χ3n) is 4.33. The fraction of sp³-hybridized carbons (Fsp3) is 1.00. The summed E-state index contributed by atoms with van der Waals surface area (Å²) < 4.78 is 23.6. The van der Waals surface area contributed by atoms with E-state index < -0.39 is 10.2 Å². The van der Waals surface area contributed by atoms with Crippen LogP contribution in [0.3, 0.4) is 0 Å². The molecule has 0 bridgehead atoms. The standard InChI is InChI=1S/C18H40N2O2S/c1-2-3-4-5-6-7-8-9-10-11-12-13-14-15-16-17-18-20-23(19,21)22/h20H,2-18H2,1H3,(H2,19,21,22). The molecule has 0 aliphatic carbocycles. The molecular formula is C18H40N2O2S. The third kappa shape index (κ3) is 21.9.